The first kappa shape index (κ1) is 29.9. The molecule has 0 aliphatic rings. The van der Waals surface area contributed by atoms with Crippen LogP contribution >= 0.6 is 23.2 Å². The van der Waals surface area contributed by atoms with Crippen LogP contribution in [0.3, 0.4) is 0 Å². The molecule has 2 rings (SSSR count). The number of nitrogens with zero attached hydrogens (tertiary/aromatic N) is 2. The molecule has 0 saturated carbocycles. The van der Waals surface area contributed by atoms with E-state index in [1.165, 1.54) is 9.21 Å². The van der Waals surface area contributed by atoms with Crippen LogP contribution in [0.1, 0.15) is 50.7 Å². The molecule has 0 bridgehead atoms. The van der Waals surface area contributed by atoms with E-state index in [4.69, 9.17) is 23.2 Å². The number of amides is 2. The van der Waals surface area contributed by atoms with Crippen molar-refractivity contribution in [1.82, 2.24) is 10.2 Å². The van der Waals surface area contributed by atoms with Gasteiger partial charge in [0.25, 0.3) is 0 Å². The van der Waals surface area contributed by atoms with E-state index in [1.54, 1.807) is 44.2 Å². The molecule has 2 aromatic rings. The Hall–Kier alpha value is -2.29. The highest BCUT2D eigenvalue weighted by molar-refractivity contribution is 7.92. The molecule has 0 aliphatic carbocycles. The first-order valence-corrected chi connectivity index (χ1v) is 14.6. The maximum Gasteiger partial charge on any atom is 0.242 e. The van der Waals surface area contributed by atoms with Crippen LogP contribution < -0.4 is 9.62 Å². The van der Waals surface area contributed by atoms with Crippen LogP contribution in [0.5, 0.6) is 0 Å². The van der Waals surface area contributed by atoms with E-state index in [2.05, 4.69) is 5.32 Å². The molecular weight excluding hydrogens is 521 g/mol. The van der Waals surface area contributed by atoms with Crippen LogP contribution in [0.2, 0.25) is 10.0 Å². The fourth-order valence-corrected chi connectivity index (χ4v) is 5.16. The molecule has 0 spiro atoms. The minimum Gasteiger partial charge on any atom is -0.354 e. The summed E-state index contributed by atoms with van der Waals surface area (Å²) in [6, 6.07) is 11.6. The van der Waals surface area contributed by atoms with Crippen molar-refractivity contribution in [1.29, 1.82) is 0 Å². The predicted octanol–water partition coefficient (Wildman–Crippen LogP) is 5.18. The first-order valence-electron chi connectivity index (χ1n) is 12.0. The fourth-order valence-electron chi connectivity index (χ4n) is 3.78. The summed E-state index contributed by atoms with van der Waals surface area (Å²) in [6.45, 7) is 6.29. The lowest BCUT2D eigenvalue weighted by atomic mass is 10.1. The molecule has 0 saturated heterocycles. The van der Waals surface area contributed by atoms with Gasteiger partial charge in [0.2, 0.25) is 21.8 Å². The minimum atomic E-state index is -3.60. The Bertz CT molecular complexity index is 1160. The van der Waals surface area contributed by atoms with Crippen molar-refractivity contribution in [2.45, 2.75) is 59.0 Å². The normalized spacial score (nSPS) is 12.2. The zero-order valence-electron chi connectivity index (χ0n) is 21.3. The molecule has 2 amide bonds. The molecule has 10 heteroatoms. The molecule has 1 N–H and O–H groups in total. The van der Waals surface area contributed by atoms with E-state index < -0.39 is 16.1 Å². The Morgan fingerprint density at radius 2 is 1.69 bits per heavy atom. The molecule has 36 heavy (non-hydrogen) atoms. The molecule has 198 valence electrons. The van der Waals surface area contributed by atoms with Gasteiger partial charge < -0.3 is 10.2 Å². The van der Waals surface area contributed by atoms with E-state index in [9.17, 15) is 18.0 Å². The fraction of sp³-hybridized carbons (Fsp3) is 0.462. The first-order chi connectivity index (χ1) is 17.0. The molecule has 7 nitrogen and oxygen atoms in total. The number of rotatable bonds is 13. The van der Waals surface area contributed by atoms with Crippen molar-refractivity contribution in [3.63, 3.8) is 0 Å². The Kier molecular flexibility index (Phi) is 11.5. The van der Waals surface area contributed by atoms with Crippen LogP contribution in [0.25, 0.3) is 0 Å². The highest BCUT2D eigenvalue weighted by atomic mass is 35.5. The molecule has 0 unspecified atom stereocenters. The monoisotopic (exact) mass is 555 g/mol. The standard InChI is InChI=1S/C26H35Cl2N3O4S/c1-5-6-16-29-26(33)20(3)30(18-21-11-7-8-12-23(21)28)25(32)15-10-17-31(36(4,34)35)24-14-9-13-22(27)19(24)2/h7-9,11-14,20H,5-6,10,15-18H2,1-4H3,(H,29,33)/t20-/m0/s1. The molecule has 0 heterocycles. The van der Waals surface area contributed by atoms with E-state index in [-0.39, 0.29) is 37.7 Å². The second-order valence-corrected chi connectivity index (χ2v) is 11.5. The number of carbonyl (C=O) groups excluding carboxylic acids is 2. The molecule has 0 radical (unpaired) electrons. The van der Waals surface area contributed by atoms with E-state index >= 15 is 0 Å². The van der Waals surface area contributed by atoms with Crippen molar-refractivity contribution >= 4 is 50.7 Å². The Labute approximate surface area is 224 Å². The zero-order chi connectivity index (χ0) is 26.9. The second-order valence-electron chi connectivity index (χ2n) is 8.76. The lowest BCUT2D eigenvalue weighted by Gasteiger charge is -2.30. The lowest BCUT2D eigenvalue weighted by molar-refractivity contribution is -0.140. The number of sulfonamides is 1. The van der Waals surface area contributed by atoms with Crippen molar-refractivity contribution in [2.75, 3.05) is 23.7 Å². The third-order valence-corrected chi connectivity index (χ3v) is 7.91. The summed E-state index contributed by atoms with van der Waals surface area (Å²) in [4.78, 5) is 27.6. The van der Waals surface area contributed by atoms with Gasteiger partial charge >= 0.3 is 0 Å². The summed E-state index contributed by atoms with van der Waals surface area (Å²) in [6.07, 6.45) is 3.24. The molecule has 2 aromatic carbocycles. The van der Waals surface area contributed by atoms with E-state index in [0.717, 1.165) is 24.7 Å². The van der Waals surface area contributed by atoms with Gasteiger partial charge in [0.05, 0.1) is 11.9 Å². The number of benzene rings is 2. The Balaban J connectivity index is 2.19. The van der Waals surface area contributed by atoms with Crippen LogP contribution in [0, 0.1) is 6.92 Å². The Morgan fingerprint density at radius 3 is 2.33 bits per heavy atom. The number of hydrogen-bond donors (Lipinski definition) is 1. The smallest absolute Gasteiger partial charge is 0.242 e. The SMILES string of the molecule is CCCCNC(=O)[C@H](C)N(Cc1ccccc1Cl)C(=O)CCCN(c1cccc(Cl)c1C)S(C)(=O)=O. The van der Waals surface area contributed by atoms with Gasteiger partial charge in [-0.15, -0.1) is 0 Å². The third kappa shape index (κ3) is 8.39. The van der Waals surface area contributed by atoms with Gasteiger partial charge in [0.1, 0.15) is 6.04 Å². The van der Waals surface area contributed by atoms with Crippen molar-refractivity contribution in [3.8, 4) is 0 Å². The summed E-state index contributed by atoms with van der Waals surface area (Å²) in [5.74, 6) is -0.500. The quantitative estimate of drug-likeness (QED) is 0.345. The van der Waals surface area contributed by atoms with Crippen molar-refractivity contribution < 1.29 is 18.0 Å². The van der Waals surface area contributed by atoms with Gasteiger partial charge in [0, 0.05) is 36.1 Å². The average molecular weight is 557 g/mol. The van der Waals surface area contributed by atoms with E-state index in [0.29, 0.717) is 27.8 Å². The summed E-state index contributed by atoms with van der Waals surface area (Å²) < 4.78 is 26.3. The minimum absolute atomic E-state index is 0.0582. The van der Waals surface area contributed by atoms with Crippen LogP contribution in [0.4, 0.5) is 5.69 Å². The van der Waals surface area contributed by atoms with Gasteiger partial charge in [-0.2, -0.15) is 0 Å². The maximum atomic E-state index is 13.3. The molecular formula is C26H35Cl2N3O4S. The second kappa shape index (κ2) is 13.9. The van der Waals surface area contributed by atoms with Crippen LogP contribution in [-0.2, 0) is 26.2 Å². The van der Waals surface area contributed by atoms with Crippen molar-refractivity contribution in [3.05, 3.63) is 63.6 Å². The maximum absolute atomic E-state index is 13.3. The molecule has 0 aromatic heterocycles. The zero-order valence-corrected chi connectivity index (χ0v) is 23.6. The van der Waals surface area contributed by atoms with Gasteiger partial charge in [-0.1, -0.05) is 60.8 Å². The van der Waals surface area contributed by atoms with Crippen LogP contribution in [-0.4, -0.2) is 50.5 Å². The van der Waals surface area contributed by atoms with Gasteiger partial charge in [0.15, 0.2) is 0 Å². The molecule has 0 aliphatic heterocycles. The van der Waals surface area contributed by atoms with Gasteiger partial charge in [-0.25, -0.2) is 8.42 Å². The Morgan fingerprint density at radius 1 is 1.03 bits per heavy atom. The number of nitrogens with one attached hydrogen (secondary N) is 1. The number of halogens is 2. The van der Waals surface area contributed by atoms with Crippen LogP contribution in [0.15, 0.2) is 42.5 Å². The lowest BCUT2D eigenvalue weighted by Crippen LogP contribution is -2.48. The number of carbonyl (C=O) groups is 2. The summed E-state index contributed by atoms with van der Waals surface area (Å²) >= 11 is 12.5. The highest BCUT2D eigenvalue weighted by Crippen LogP contribution is 2.28. The molecule has 0 fully saturated rings. The number of anilines is 1. The van der Waals surface area contributed by atoms with Crippen molar-refractivity contribution in [2.24, 2.45) is 0 Å². The van der Waals surface area contributed by atoms with Gasteiger partial charge in [-0.05, 0) is 56.0 Å². The average Bonchev–Trinajstić information content (AvgIpc) is 2.82. The number of unbranched alkanes of at least 4 members (excludes halogenated alkanes) is 1. The highest BCUT2D eigenvalue weighted by Gasteiger charge is 2.27. The topological polar surface area (TPSA) is 86.8 Å². The summed E-state index contributed by atoms with van der Waals surface area (Å²) in [5, 5.41) is 3.85. The summed E-state index contributed by atoms with van der Waals surface area (Å²) in [5.41, 5.74) is 1.86. The van der Waals surface area contributed by atoms with E-state index in [1.807, 2.05) is 19.1 Å². The largest absolute Gasteiger partial charge is 0.354 e. The van der Waals surface area contributed by atoms with Gasteiger partial charge in [-0.3, -0.25) is 13.9 Å². The third-order valence-electron chi connectivity index (χ3n) is 5.96. The predicted molar refractivity (Wildman–Crippen MR) is 147 cm³/mol. The summed E-state index contributed by atoms with van der Waals surface area (Å²) in [7, 11) is -3.60. The number of hydrogen-bond acceptors (Lipinski definition) is 4. The molecule has 1 atom stereocenters.